The van der Waals surface area contributed by atoms with E-state index in [1.165, 1.54) is 18.0 Å². The van der Waals surface area contributed by atoms with Crippen molar-refractivity contribution in [1.29, 1.82) is 0 Å². The molecule has 2 fully saturated rings. The Kier molecular flexibility index (Phi) is 5.29. The van der Waals surface area contributed by atoms with E-state index in [2.05, 4.69) is 10.0 Å². The quantitative estimate of drug-likeness (QED) is 0.793. The second kappa shape index (κ2) is 7.32. The number of sulfonamides is 1. The molecule has 1 heterocycles. The molecule has 142 valence electrons. The van der Waals surface area contributed by atoms with Crippen LogP contribution in [-0.4, -0.2) is 50.8 Å². The Labute approximate surface area is 152 Å². The van der Waals surface area contributed by atoms with Crippen molar-refractivity contribution in [2.75, 3.05) is 13.6 Å². The standard InChI is InChI=1S/C17H22FN3O4S/c1-19-16(22)14-4-2-3-9-21(14)17(23)11-5-8-13(18)15(10-11)26(24,25)20-12-6-7-12/h5,8,10,12,14,20H,2-4,6-7,9H2,1H3,(H,19,22)/t14-/m0/s1. The highest BCUT2D eigenvalue weighted by Crippen LogP contribution is 2.25. The third-order valence-electron chi connectivity index (χ3n) is 4.68. The average molecular weight is 383 g/mol. The summed E-state index contributed by atoms with van der Waals surface area (Å²) >= 11 is 0. The van der Waals surface area contributed by atoms with E-state index in [1.54, 1.807) is 0 Å². The van der Waals surface area contributed by atoms with Crippen LogP contribution < -0.4 is 10.0 Å². The van der Waals surface area contributed by atoms with Crippen molar-refractivity contribution < 1.29 is 22.4 Å². The first kappa shape index (κ1) is 18.8. The van der Waals surface area contributed by atoms with Gasteiger partial charge in [0.2, 0.25) is 15.9 Å². The number of carbonyl (C=O) groups is 2. The van der Waals surface area contributed by atoms with Gasteiger partial charge in [0.05, 0.1) is 0 Å². The molecule has 1 aromatic carbocycles. The first-order valence-electron chi connectivity index (χ1n) is 8.68. The summed E-state index contributed by atoms with van der Waals surface area (Å²) in [5.74, 6) is -1.64. The van der Waals surface area contributed by atoms with Crippen LogP contribution in [0.2, 0.25) is 0 Å². The van der Waals surface area contributed by atoms with Gasteiger partial charge in [0.25, 0.3) is 5.91 Å². The smallest absolute Gasteiger partial charge is 0.254 e. The van der Waals surface area contributed by atoms with Crippen molar-refractivity contribution in [1.82, 2.24) is 14.9 Å². The molecule has 0 bridgehead atoms. The van der Waals surface area contributed by atoms with Crippen LogP contribution in [0.4, 0.5) is 4.39 Å². The molecule has 7 nitrogen and oxygen atoms in total. The van der Waals surface area contributed by atoms with Gasteiger partial charge >= 0.3 is 0 Å². The zero-order valence-corrected chi connectivity index (χ0v) is 15.3. The van der Waals surface area contributed by atoms with Gasteiger partial charge in [-0.3, -0.25) is 9.59 Å². The van der Waals surface area contributed by atoms with Gasteiger partial charge in [-0.15, -0.1) is 0 Å². The van der Waals surface area contributed by atoms with E-state index in [-0.39, 0.29) is 17.5 Å². The van der Waals surface area contributed by atoms with Crippen molar-refractivity contribution in [2.24, 2.45) is 0 Å². The van der Waals surface area contributed by atoms with Gasteiger partial charge < -0.3 is 10.2 Å². The molecule has 2 aliphatic rings. The summed E-state index contributed by atoms with van der Waals surface area (Å²) in [4.78, 5) is 25.8. The first-order chi connectivity index (χ1) is 12.3. The van der Waals surface area contributed by atoms with E-state index in [4.69, 9.17) is 0 Å². The molecule has 1 aliphatic carbocycles. The number of nitrogens with zero attached hydrogens (tertiary/aromatic N) is 1. The van der Waals surface area contributed by atoms with Crippen LogP contribution in [0.25, 0.3) is 0 Å². The highest BCUT2D eigenvalue weighted by atomic mass is 32.2. The summed E-state index contributed by atoms with van der Waals surface area (Å²) in [5.41, 5.74) is 0.0541. The Balaban J connectivity index is 1.89. The van der Waals surface area contributed by atoms with E-state index >= 15 is 0 Å². The Bertz CT molecular complexity index is 823. The van der Waals surface area contributed by atoms with Gasteiger partial charge in [-0.2, -0.15) is 0 Å². The Morgan fingerprint density at radius 1 is 1.19 bits per heavy atom. The maximum atomic E-state index is 14.1. The largest absolute Gasteiger partial charge is 0.357 e. The third-order valence-corrected chi connectivity index (χ3v) is 6.22. The zero-order valence-electron chi connectivity index (χ0n) is 14.5. The number of hydrogen-bond acceptors (Lipinski definition) is 4. The molecule has 26 heavy (non-hydrogen) atoms. The number of amides is 2. The number of likely N-dealkylation sites (tertiary alicyclic amines) is 1. The molecule has 1 aromatic rings. The second-order valence-corrected chi connectivity index (χ2v) is 8.35. The maximum Gasteiger partial charge on any atom is 0.254 e. The van der Waals surface area contributed by atoms with E-state index in [0.29, 0.717) is 13.0 Å². The van der Waals surface area contributed by atoms with Gasteiger partial charge in [-0.1, -0.05) is 0 Å². The Hall–Kier alpha value is -2.00. The lowest BCUT2D eigenvalue weighted by atomic mass is 10.00. The first-order valence-corrected chi connectivity index (χ1v) is 10.2. The number of piperidine rings is 1. The summed E-state index contributed by atoms with van der Waals surface area (Å²) in [6.07, 6.45) is 3.58. The molecular weight excluding hydrogens is 361 g/mol. The normalized spacial score (nSPS) is 20.7. The minimum Gasteiger partial charge on any atom is -0.357 e. The number of rotatable bonds is 5. The Morgan fingerprint density at radius 2 is 1.92 bits per heavy atom. The number of nitrogens with one attached hydrogen (secondary N) is 2. The van der Waals surface area contributed by atoms with E-state index in [0.717, 1.165) is 37.8 Å². The zero-order chi connectivity index (χ0) is 18.9. The third kappa shape index (κ3) is 3.88. The molecule has 0 radical (unpaired) electrons. The van der Waals surface area contributed by atoms with Gasteiger partial charge in [0, 0.05) is 25.2 Å². The molecule has 1 saturated heterocycles. The highest BCUT2D eigenvalue weighted by Gasteiger charge is 2.34. The Morgan fingerprint density at radius 3 is 2.58 bits per heavy atom. The molecule has 0 unspecified atom stereocenters. The summed E-state index contributed by atoms with van der Waals surface area (Å²) in [7, 11) is -2.52. The maximum absolute atomic E-state index is 14.1. The fourth-order valence-corrected chi connectivity index (χ4v) is 4.51. The molecule has 3 rings (SSSR count). The minimum atomic E-state index is -4.02. The van der Waals surface area contributed by atoms with Crippen molar-refractivity contribution in [3.05, 3.63) is 29.6 Å². The summed E-state index contributed by atoms with van der Waals surface area (Å²) in [6.45, 7) is 0.400. The lowest BCUT2D eigenvalue weighted by Gasteiger charge is -2.34. The summed E-state index contributed by atoms with van der Waals surface area (Å²) < 4.78 is 41.2. The number of hydrogen-bond donors (Lipinski definition) is 2. The molecule has 2 N–H and O–H groups in total. The van der Waals surface area contributed by atoms with Crippen molar-refractivity contribution in [3.8, 4) is 0 Å². The lowest BCUT2D eigenvalue weighted by molar-refractivity contribution is -0.126. The van der Waals surface area contributed by atoms with Gasteiger partial charge in [-0.25, -0.2) is 17.5 Å². The van der Waals surface area contributed by atoms with Crippen molar-refractivity contribution in [2.45, 2.75) is 49.1 Å². The second-order valence-electron chi connectivity index (χ2n) is 6.67. The molecular formula is C17H22FN3O4S. The molecule has 1 saturated carbocycles. The van der Waals surface area contributed by atoms with Gasteiger partial charge in [0.1, 0.15) is 16.8 Å². The molecule has 1 aliphatic heterocycles. The van der Waals surface area contributed by atoms with Crippen LogP contribution in [0.1, 0.15) is 42.5 Å². The summed E-state index contributed by atoms with van der Waals surface area (Å²) in [6, 6.07) is 2.52. The monoisotopic (exact) mass is 383 g/mol. The topological polar surface area (TPSA) is 95.6 Å². The predicted octanol–water partition coefficient (Wildman–Crippen LogP) is 1.01. The van der Waals surface area contributed by atoms with Crippen LogP contribution >= 0.6 is 0 Å². The predicted molar refractivity (Wildman–Crippen MR) is 92.5 cm³/mol. The van der Waals surface area contributed by atoms with Gasteiger partial charge in [0.15, 0.2) is 0 Å². The summed E-state index contributed by atoms with van der Waals surface area (Å²) in [5, 5.41) is 2.55. The van der Waals surface area contributed by atoms with Crippen molar-refractivity contribution in [3.63, 3.8) is 0 Å². The van der Waals surface area contributed by atoms with E-state index in [1.807, 2.05) is 0 Å². The fraction of sp³-hybridized carbons (Fsp3) is 0.529. The van der Waals surface area contributed by atoms with Crippen LogP contribution in [0.5, 0.6) is 0 Å². The van der Waals surface area contributed by atoms with Crippen molar-refractivity contribution >= 4 is 21.8 Å². The average Bonchev–Trinajstić information content (AvgIpc) is 3.44. The van der Waals surface area contributed by atoms with Crippen LogP contribution in [-0.2, 0) is 14.8 Å². The molecule has 2 amide bonds. The fourth-order valence-electron chi connectivity index (χ4n) is 3.11. The number of halogens is 1. The molecule has 0 aromatic heterocycles. The number of carbonyl (C=O) groups excluding carboxylic acids is 2. The van der Waals surface area contributed by atoms with Crippen LogP contribution in [0.15, 0.2) is 23.1 Å². The van der Waals surface area contributed by atoms with Gasteiger partial charge in [-0.05, 0) is 50.3 Å². The van der Waals surface area contributed by atoms with E-state index < -0.39 is 32.7 Å². The number of likely N-dealkylation sites (N-methyl/N-ethyl adjacent to an activating group) is 1. The van der Waals surface area contributed by atoms with Crippen LogP contribution in [0, 0.1) is 5.82 Å². The molecule has 0 spiro atoms. The SMILES string of the molecule is CNC(=O)[C@@H]1CCCCN1C(=O)c1ccc(F)c(S(=O)(=O)NC2CC2)c1. The lowest BCUT2D eigenvalue weighted by Crippen LogP contribution is -2.51. The minimum absolute atomic E-state index is 0.0541. The highest BCUT2D eigenvalue weighted by molar-refractivity contribution is 7.89. The number of benzene rings is 1. The molecule has 1 atom stereocenters. The molecule has 9 heteroatoms. The van der Waals surface area contributed by atoms with E-state index in [9.17, 15) is 22.4 Å². The van der Waals surface area contributed by atoms with Crippen LogP contribution in [0.3, 0.4) is 0 Å².